The lowest BCUT2D eigenvalue weighted by atomic mass is 10.1. The van der Waals surface area contributed by atoms with Crippen molar-refractivity contribution in [2.75, 3.05) is 17.7 Å². The second-order valence-electron chi connectivity index (χ2n) is 4.21. The first-order valence-corrected chi connectivity index (χ1v) is 7.53. The van der Waals surface area contributed by atoms with Crippen molar-refractivity contribution in [1.82, 2.24) is 20.2 Å². The predicted octanol–water partition coefficient (Wildman–Crippen LogP) is 0.245. The molecule has 0 unspecified atom stereocenters. The molecule has 2 aromatic rings. The van der Waals surface area contributed by atoms with E-state index in [9.17, 15) is 17.2 Å². The zero-order chi connectivity index (χ0) is 14.9. The fourth-order valence-electron chi connectivity index (χ4n) is 1.56. The summed E-state index contributed by atoms with van der Waals surface area (Å²) in [6.45, 7) is -0.0143. The van der Waals surface area contributed by atoms with Gasteiger partial charge in [0.1, 0.15) is 9.84 Å². The normalized spacial score (nSPS) is 11.8. The Morgan fingerprint density at radius 2 is 1.95 bits per heavy atom. The minimum atomic E-state index is -3.21. The first kappa shape index (κ1) is 14.3. The average Bonchev–Trinajstić information content (AvgIpc) is 2.78. The molecule has 0 aliphatic heterocycles. The number of anilines is 1. The van der Waals surface area contributed by atoms with Crippen LogP contribution in [-0.4, -0.2) is 40.6 Å². The van der Waals surface area contributed by atoms with Gasteiger partial charge in [0.05, 0.1) is 12.3 Å². The molecule has 0 saturated carbocycles. The van der Waals surface area contributed by atoms with Crippen LogP contribution >= 0.6 is 0 Å². The highest BCUT2D eigenvalue weighted by Crippen LogP contribution is 2.26. The van der Waals surface area contributed by atoms with Gasteiger partial charge in [-0.2, -0.15) is 0 Å². The van der Waals surface area contributed by atoms with Gasteiger partial charge in [0.25, 0.3) is 0 Å². The third-order valence-corrected chi connectivity index (χ3v) is 3.46. The van der Waals surface area contributed by atoms with Gasteiger partial charge in [-0.25, -0.2) is 21.9 Å². The molecule has 0 amide bonds. The number of benzene rings is 1. The van der Waals surface area contributed by atoms with Crippen LogP contribution in [0.4, 0.5) is 14.5 Å². The maximum Gasteiger partial charge on any atom is 0.184 e. The molecule has 2 rings (SSSR count). The third-order valence-electron chi connectivity index (χ3n) is 2.54. The first-order valence-electron chi connectivity index (χ1n) is 5.47. The zero-order valence-corrected chi connectivity index (χ0v) is 11.2. The Hall–Kier alpha value is -2.10. The van der Waals surface area contributed by atoms with E-state index in [1.54, 1.807) is 0 Å². The fourth-order valence-corrected chi connectivity index (χ4v) is 2.06. The van der Waals surface area contributed by atoms with E-state index >= 15 is 0 Å². The van der Waals surface area contributed by atoms with Crippen LogP contribution in [0, 0.1) is 11.6 Å². The van der Waals surface area contributed by atoms with Crippen molar-refractivity contribution in [1.29, 1.82) is 0 Å². The monoisotopic (exact) mass is 303 g/mol. The fraction of sp³-hybridized carbons (Fsp3) is 0.300. The van der Waals surface area contributed by atoms with Gasteiger partial charge in [0.2, 0.25) is 0 Å². The predicted molar refractivity (Wildman–Crippen MR) is 67.3 cm³/mol. The van der Waals surface area contributed by atoms with Crippen LogP contribution in [-0.2, 0) is 16.4 Å². The number of aromatic nitrogens is 4. The Labute approximate surface area is 113 Å². The van der Waals surface area contributed by atoms with Crippen molar-refractivity contribution in [2.24, 2.45) is 0 Å². The highest BCUT2D eigenvalue weighted by molar-refractivity contribution is 7.90. The molecule has 1 heterocycles. The topological polar surface area (TPSA) is 104 Å². The molecule has 20 heavy (non-hydrogen) atoms. The minimum absolute atomic E-state index is 0.0143. The van der Waals surface area contributed by atoms with Gasteiger partial charge in [-0.1, -0.05) is 0 Å². The Bertz CT molecular complexity index is 744. The molecule has 0 saturated heterocycles. The lowest BCUT2D eigenvalue weighted by molar-refractivity contribution is 0.509. The molecule has 2 N–H and O–H groups in total. The molecule has 0 atom stereocenters. The molecule has 0 spiro atoms. The summed E-state index contributed by atoms with van der Waals surface area (Å²) in [7, 11) is -3.21. The van der Waals surface area contributed by atoms with Gasteiger partial charge in [-0.3, -0.25) is 0 Å². The molecule has 1 aromatic heterocycles. The number of aryl methyl sites for hydroxylation is 1. The number of nitrogens with zero attached hydrogens (tertiary/aromatic N) is 4. The Morgan fingerprint density at radius 1 is 1.30 bits per heavy atom. The standard InChI is InChI=1S/C10H11F2N5O2S/c1-20(18,19)3-2-17-10(14-15-16-17)6-4-7(11)8(12)5-9(6)13/h4-5H,2-3,13H2,1H3. The molecular formula is C10H11F2N5O2S. The molecule has 1 aromatic carbocycles. The first-order chi connectivity index (χ1) is 9.28. The molecule has 0 aliphatic rings. The van der Waals surface area contributed by atoms with Crippen molar-refractivity contribution in [3.8, 4) is 11.4 Å². The Morgan fingerprint density at radius 3 is 2.60 bits per heavy atom. The SMILES string of the molecule is CS(=O)(=O)CCn1nnnc1-c1cc(F)c(F)cc1N. The summed E-state index contributed by atoms with van der Waals surface area (Å²) >= 11 is 0. The van der Waals surface area contributed by atoms with Gasteiger partial charge in [0.15, 0.2) is 17.5 Å². The van der Waals surface area contributed by atoms with E-state index in [2.05, 4.69) is 15.5 Å². The van der Waals surface area contributed by atoms with Crippen LogP contribution in [0.5, 0.6) is 0 Å². The highest BCUT2D eigenvalue weighted by Gasteiger charge is 2.16. The number of nitrogen functional groups attached to an aromatic ring is 1. The van der Waals surface area contributed by atoms with E-state index in [4.69, 9.17) is 5.73 Å². The van der Waals surface area contributed by atoms with E-state index in [0.717, 1.165) is 18.4 Å². The molecule has 0 radical (unpaired) electrons. The average molecular weight is 303 g/mol. The second kappa shape index (κ2) is 5.12. The summed E-state index contributed by atoms with van der Waals surface area (Å²) < 4.78 is 49.7. The molecule has 0 bridgehead atoms. The van der Waals surface area contributed by atoms with E-state index in [1.165, 1.54) is 4.68 Å². The van der Waals surface area contributed by atoms with Crippen LogP contribution in [0.3, 0.4) is 0 Å². The van der Waals surface area contributed by atoms with Crippen molar-refractivity contribution >= 4 is 15.5 Å². The van der Waals surface area contributed by atoms with E-state index < -0.39 is 21.5 Å². The number of hydrogen-bond donors (Lipinski definition) is 1. The number of tetrazole rings is 1. The molecule has 10 heteroatoms. The van der Waals surface area contributed by atoms with E-state index in [0.29, 0.717) is 0 Å². The summed E-state index contributed by atoms with van der Waals surface area (Å²) in [4.78, 5) is 0. The quantitative estimate of drug-likeness (QED) is 0.812. The van der Waals surface area contributed by atoms with Gasteiger partial charge < -0.3 is 5.73 Å². The van der Waals surface area contributed by atoms with Crippen LogP contribution in [0.1, 0.15) is 0 Å². The van der Waals surface area contributed by atoms with Crippen molar-refractivity contribution in [3.63, 3.8) is 0 Å². The van der Waals surface area contributed by atoms with Crippen LogP contribution < -0.4 is 5.73 Å². The van der Waals surface area contributed by atoms with E-state index in [-0.39, 0.29) is 29.4 Å². The number of rotatable bonds is 4. The van der Waals surface area contributed by atoms with Gasteiger partial charge in [0, 0.05) is 23.6 Å². The van der Waals surface area contributed by atoms with Crippen LogP contribution in [0.2, 0.25) is 0 Å². The summed E-state index contributed by atoms with van der Waals surface area (Å²) in [6.07, 6.45) is 1.07. The van der Waals surface area contributed by atoms with Crippen LogP contribution in [0.25, 0.3) is 11.4 Å². The third kappa shape index (κ3) is 3.07. The molecular weight excluding hydrogens is 292 g/mol. The molecule has 0 fully saturated rings. The van der Waals surface area contributed by atoms with Crippen molar-refractivity contribution in [2.45, 2.75) is 6.54 Å². The van der Waals surface area contributed by atoms with Gasteiger partial charge >= 0.3 is 0 Å². The largest absolute Gasteiger partial charge is 0.398 e. The Kier molecular flexibility index (Phi) is 3.66. The van der Waals surface area contributed by atoms with Crippen molar-refractivity contribution < 1.29 is 17.2 Å². The number of halogens is 2. The zero-order valence-electron chi connectivity index (χ0n) is 10.4. The maximum absolute atomic E-state index is 13.3. The summed E-state index contributed by atoms with van der Waals surface area (Å²) in [5.41, 5.74) is 5.66. The van der Waals surface area contributed by atoms with Gasteiger partial charge in [-0.15, -0.1) is 5.10 Å². The van der Waals surface area contributed by atoms with Gasteiger partial charge in [-0.05, 0) is 16.5 Å². The molecule has 108 valence electrons. The smallest absolute Gasteiger partial charge is 0.184 e. The maximum atomic E-state index is 13.3. The summed E-state index contributed by atoms with van der Waals surface area (Å²) in [5, 5.41) is 10.7. The second-order valence-corrected chi connectivity index (χ2v) is 6.47. The molecule has 7 nitrogen and oxygen atoms in total. The molecule has 0 aliphatic carbocycles. The number of nitrogens with two attached hydrogens (primary N) is 1. The minimum Gasteiger partial charge on any atom is -0.398 e. The Balaban J connectivity index is 2.40. The highest BCUT2D eigenvalue weighted by atomic mass is 32.2. The van der Waals surface area contributed by atoms with Crippen molar-refractivity contribution in [3.05, 3.63) is 23.8 Å². The lowest BCUT2D eigenvalue weighted by Crippen LogP contribution is -2.13. The lowest BCUT2D eigenvalue weighted by Gasteiger charge is -2.07. The van der Waals surface area contributed by atoms with Crippen LogP contribution in [0.15, 0.2) is 12.1 Å². The number of sulfone groups is 1. The summed E-state index contributed by atoms with van der Waals surface area (Å²) in [6, 6.07) is 1.69. The summed E-state index contributed by atoms with van der Waals surface area (Å²) in [5.74, 6) is -2.28. The number of hydrogen-bond acceptors (Lipinski definition) is 6. The van der Waals surface area contributed by atoms with E-state index in [1.807, 2.05) is 0 Å².